The van der Waals surface area contributed by atoms with Crippen molar-refractivity contribution in [3.63, 3.8) is 0 Å². The Labute approximate surface area is 175 Å². The monoisotopic (exact) mass is 429 g/mol. The Balaban J connectivity index is 1.49. The quantitative estimate of drug-likeness (QED) is 0.599. The van der Waals surface area contributed by atoms with Gasteiger partial charge >= 0.3 is 0 Å². The minimum Gasteiger partial charge on any atom is -0.451 e. The Kier molecular flexibility index (Phi) is 5.87. The standard InChI is InChI=1S/C22H24FN3O3S/c1-2-10-26-11-9-17(13-26)16-3-5-18(6-4-16)25-30(27,28)19-7-8-21(23)20(12-19)22-14-29-15-24-22/h3-8,12,14-15,17,25H,2,9-11,13H2,1H3. The van der Waals surface area contributed by atoms with Gasteiger partial charge in [0.2, 0.25) is 0 Å². The van der Waals surface area contributed by atoms with E-state index in [4.69, 9.17) is 4.42 Å². The van der Waals surface area contributed by atoms with Crippen LogP contribution in [0.2, 0.25) is 0 Å². The van der Waals surface area contributed by atoms with Gasteiger partial charge in [0.1, 0.15) is 17.8 Å². The molecule has 1 aliphatic heterocycles. The number of aromatic nitrogens is 1. The van der Waals surface area contributed by atoms with Crippen molar-refractivity contribution in [1.29, 1.82) is 0 Å². The summed E-state index contributed by atoms with van der Waals surface area (Å²) in [5, 5.41) is 0. The summed E-state index contributed by atoms with van der Waals surface area (Å²) in [6.07, 6.45) is 4.70. The number of sulfonamides is 1. The third-order valence-electron chi connectivity index (χ3n) is 5.40. The zero-order chi connectivity index (χ0) is 21.1. The molecule has 0 aliphatic carbocycles. The van der Waals surface area contributed by atoms with Crippen LogP contribution in [0.25, 0.3) is 11.3 Å². The number of hydrogen-bond acceptors (Lipinski definition) is 5. The third kappa shape index (κ3) is 4.39. The Morgan fingerprint density at radius 1 is 1.23 bits per heavy atom. The van der Waals surface area contributed by atoms with Crippen LogP contribution in [-0.2, 0) is 10.0 Å². The Morgan fingerprint density at radius 2 is 2.03 bits per heavy atom. The largest absolute Gasteiger partial charge is 0.451 e. The number of nitrogens with zero attached hydrogens (tertiary/aromatic N) is 2. The molecule has 2 heterocycles. The van der Waals surface area contributed by atoms with Crippen LogP contribution in [0.4, 0.5) is 10.1 Å². The van der Waals surface area contributed by atoms with E-state index >= 15 is 0 Å². The van der Waals surface area contributed by atoms with Crippen LogP contribution in [0.5, 0.6) is 0 Å². The molecule has 1 fully saturated rings. The molecular formula is C22H24FN3O3S. The van der Waals surface area contributed by atoms with Crippen LogP contribution in [0, 0.1) is 5.82 Å². The predicted octanol–water partition coefficient (Wildman–Crippen LogP) is 4.48. The van der Waals surface area contributed by atoms with Gasteiger partial charge in [0, 0.05) is 17.8 Å². The molecule has 1 aliphatic rings. The van der Waals surface area contributed by atoms with E-state index in [0.717, 1.165) is 38.5 Å². The number of halogens is 1. The van der Waals surface area contributed by atoms with Gasteiger partial charge in [0.05, 0.1) is 4.90 Å². The second-order valence-corrected chi connectivity index (χ2v) is 9.21. The number of benzene rings is 2. The molecule has 4 rings (SSSR count). The molecule has 1 saturated heterocycles. The van der Waals surface area contributed by atoms with E-state index in [0.29, 0.717) is 11.6 Å². The summed E-state index contributed by atoms with van der Waals surface area (Å²) in [5.41, 5.74) is 1.99. The SMILES string of the molecule is CCCN1CCC(c2ccc(NS(=O)(=O)c3ccc(F)c(-c4cocn4)c3)cc2)C1. The molecular weight excluding hydrogens is 405 g/mol. The molecule has 1 aromatic heterocycles. The number of hydrogen-bond donors (Lipinski definition) is 1. The van der Waals surface area contributed by atoms with Crippen LogP contribution in [0.1, 0.15) is 31.2 Å². The van der Waals surface area contributed by atoms with Crippen molar-refractivity contribution in [2.24, 2.45) is 0 Å². The lowest BCUT2D eigenvalue weighted by molar-refractivity contribution is 0.335. The van der Waals surface area contributed by atoms with E-state index < -0.39 is 15.8 Å². The molecule has 8 heteroatoms. The molecule has 0 saturated carbocycles. The van der Waals surface area contributed by atoms with Gasteiger partial charge in [-0.1, -0.05) is 19.1 Å². The maximum atomic E-state index is 14.1. The van der Waals surface area contributed by atoms with Gasteiger partial charge in [-0.2, -0.15) is 0 Å². The first-order valence-corrected chi connectivity index (χ1v) is 11.5. The molecule has 3 aromatic rings. The topological polar surface area (TPSA) is 75.4 Å². The Hall–Kier alpha value is -2.71. The molecule has 30 heavy (non-hydrogen) atoms. The van der Waals surface area contributed by atoms with Crippen LogP contribution in [0.15, 0.2) is 64.4 Å². The third-order valence-corrected chi connectivity index (χ3v) is 6.78. The molecule has 6 nitrogen and oxygen atoms in total. The van der Waals surface area contributed by atoms with Crippen molar-refractivity contribution in [3.05, 3.63) is 66.5 Å². The van der Waals surface area contributed by atoms with E-state index in [9.17, 15) is 12.8 Å². The van der Waals surface area contributed by atoms with Crippen LogP contribution in [-0.4, -0.2) is 37.9 Å². The average Bonchev–Trinajstić information content (AvgIpc) is 3.41. The summed E-state index contributed by atoms with van der Waals surface area (Å²) in [5.74, 6) is -0.0924. The molecule has 1 N–H and O–H groups in total. The van der Waals surface area contributed by atoms with Crippen molar-refractivity contribution in [2.45, 2.75) is 30.6 Å². The van der Waals surface area contributed by atoms with Crippen molar-refractivity contribution in [1.82, 2.24) is 9.88 Å². The first kappa shape index (κ1) is 20.6. The van der Waals surface area contributed by atoms with Crippen molar-refractivity contribution < 1.29 is 17.2 Å². The fraction of sp³-hybridized carbons (Fsp3) is 0.318. The van der Waals surface area contributed by atoms with Crippen LogP contribution >= 0.6 is 0 Å². The summed E-state index contributed by atoms with van der Waals surface area (Å²) in [7, 11) is -3.87. The minimum atomic E-state index is -3.87. The molecule has 0 radical (unpaired) electrons. The Morgan fingerprint density at radius 3 is 2.73 bits per heavy atom. The summed E-state index contributed by atoms with van der Waals surface area (Å²) < 4.78 is 47.2. The van der Waals surface area contributed by atoms with Gasteiger partial charge in [-0.25, -0.2) is 17.8 Å². The van der Waals surface area contributed by atoms with Crippen molar-refractivity contribution in [2.75, 3.05) is 24.4 Å². The molecule has 1 atom stereocenters. The number of anilines is 1. The first-order chi connectivity index (χ1) is 14.5. The van der Waals surface area contributed by atoms with Gasteiger partial charge in [-0.05, 0) is 67.7 Å². The zero-order valence-corrected chi connectivity index (χ0v) is 17.5. The normalized spacial score (nSPS) is 17.3. The average molecular weight is 430 g/mol. The number of oxazole rings is 1. The highest BCUT2D eigenvalue weighted by Gasteiger charge is 2.23. The molecule has 158 valence electrons. The number of likely N-dealkylation sites (tertiary alicyclic amines) is 1. The van der Waals surface area contributed by atoms with E-state index in [2.05, 4.69) is 21.5 Å². The lowest BCUT2D eigenvalue weighted by Crippen LogP contribution is -2.20. The molecule has 0 bridgehead atoms. The van der Waals surface area contributed by atoms with E-state index in [1.165, 1.54) is 30.4 Å². The molecule has 0 spiro atoms. The summed E-state index contributed by atoms with van der Waals surface area (Å²) in [4.78, 5) is 6.31. The van der Waals surface area contributed by atoms with Gasteiger partial charge in [0.15, 0.2) is 6.39 Å². The van der Waals surface area contributed by atoms with Gasteiger partial charge in [0.25, 0.3) is 10.0 Å². The first-order valence-electron chi connectivity index (χ1n) is 9.99. The van der Waals surface area contributed by atoms with Gasteiger partial charge in [-0.15, -0.1) is 0 Å². The summed E-state index contributed by atoms with van der Waals surface area (Å²) in [6.45, 7) is 5.44. The van der Waals surface area contributed by atoms with Crippen molar-refractivity contribution in [3.8, 4) is 11.3 Å². The maximum Gasteiger partial charge on any atom is 0.261 e. The number of rotatable bonds is 7. The van der Waals surface area contributed by atoms with E-state index in [1.807, 2.05) is 12.1 Å². The highest BCUT2D eigenvalue weighted by molar-refractivity contribution is 7.92. The number of nitrogens with one attached hydrogen (secondary N) is 1. The maximum absolute atomic E-state index is 14.1. The highest BCUT2D eigenvalue weighted by Crippen LogP contribution is 2.29. The second-order valence-electron chi connectivity index (χ2n) is 7.53. The van der Waals surface area contributed by atoms with Crippen LogP contribution in [0.3, 0.4) is 0 Å². The van der Waals surface area contributed by atoms with E-state index in [-0.39, 0.29) is 16.2 Å². The fourth-order valence-electron chi connectivity index (χ4n) is 3.87. The van der Waals surface area contributed by atoms with Gasteiger partial charge < -0.3 is 9.32 Å². The fourth-order valence-corrected chi connectivity index (χ4v) is 4.96. The minimum absolute atomic E-state index is 0.0445. The summed E-state index contributed by atoms with van der Waals surface area (Å²) in [6, 6.07) is 11.1. The highest BCUT2D eigenvalue weighted by atomic mass is 32.2. The van der Waals surface area contributed by atoms with Gasteiger partial charge in [-0.3, -0.25) is 4.72 Å². The Bertz CT molecular complexity index is 1100. The smallest absolute Gasteiger partial charge is 0.261 e. The lowest BCUT2D eigenvalue weighted by Gasteiger charge is -2.15. The van der Waals surface area contributed by atoms with Crippen molar-refractivity contribution >= 4 is 15.7 Å². The predicted molar refractivity (Wildman–Crippen MR) is 113 cm³/mol. The molecule has 2 aromatic carbocycles. The van der Waals surface area contributed by atoms with Crippen LogP contribution < -0.4 is 4.72 Å². The second kappa shape index (κ2) is 8.57. The molecule has 0 amide bonds. The molecule has 1 unspecified atom stereocenters. The lowest BCUT2D eigenvalue weighted by atomic mass is 9.98. The zero-order valence-electron chi connectivity index (χ0n) is 16.7. The van der Waals surface area contributed by atoms with E-state index in [1.54, 1.807) is 12.1 Å². The summed E-state index contributed by atoms with van der Waals surface area (Å²) >= 11 is 0.